The van der Waals surface area contributed by atoms with Crippen molar-refractivity contribution in [3.63, 3.8) is 0 Å². The van der Waals surface area contributed by atoms with Crippen molar-refractivity contribution in [3.05, 3.63) is 85.1 Å². The lowest BCUT2D eigenvalue weighted by molar-refractivity contribution is -0.130. The number of rotatable bonds is 6. The Bertz CT molecular complexity index is 1590. The zero-order valence-electron chi connectivity index (χ0n) is 21.8. The molecular formula is C31H32N6O. The van der Waals surface area contributed by atoms with Gasteiger partial charge >= 0.3 is 0 Å². The van der Waals surface area contributed by atoms with E-state index in [0.29, 0.717) is 5.92 Å². The van der Waals surface area contributed by atoms with E-state index in [1.54, 1.807) is 19.3 Å². The first kappa shape index (κ1) is 24.1. The lowest BCUT2D eigenvalue weighted by Crippen LogP contribution is -2.37. The fraction of sp³-hybridized carbons (Fsp3) is 0.290. The second-order valence-electron chi connectivity index (χ2n) is 10.3. The predicted molar refractivity (Wildman–Crippen MR) is 152 cm³/mol. The molecule has 0 aliphatic carbocycles. The number of benzene rings is 2. The van der Waals surface area contributed by atoms with Crippen LogP contribution in [0.1, 0.15) is 37.8 Å². The fourth-order valence-electron chi connectivity index (χ4n) is 5.69. The highest BCUT2D eigenvalue weighted by Gasteiger charge is 2.25. The Hall–Kier alpha value is -4.26. The highest BCUT2D eigenvalue weighted by atomic mass is 16.2. The smallest absolute Gasteiger partial charge is 0.219 e. The van der Waals surface area contributed by atoms with Gasteiger partial charge in [-0.3, -0.25) is 19.7 Å². The lowest BCUT2D eigenvalue weighted by Gasteiger charge is -2.33. The summed E-state index contributed by atoms with van der Waals surface area (Å²) < 4.78 is 2.14. The minimum absolute atomic E-state index is 0.0925. The molecule has 5 aromatic rings. The number of carbonyl (C=O) groups excluding carboxylic acids is 1. The average molecular weight is 505 g/mol. The molecule has 6 rings (SSSR count). The van der Waals surface area contributed by atoms with Crippen LogP contribution < -0.4 is 5.32 Å². The molecule has 0 saturated carbocycles. The number of piperidine rings is 1. The van der Waals surface area contributed by atoms with E-state index in [0.717, 1.165) is 65.8 Å². The molecule has 0 radical (unpaired) electrons. The van der Waals surface area contributed by atoms with Gasteiger partial charge in [0, 0.05) is 74.8 Å². The number of pyridine rings is 1. The number of nitrogens with one attached hydrogen (secondary N) is 1. The molecule has 1 unspecified atom stereocenters. The van der Waals surface area contributed by atoms with E-state index in [4.69, 9.17) is 4.98 Å². The van der Waals surface area contributed by atoms with Crippen LogP contribution in [0.2, 0.25) is 0 Å². The van der Waals surface area contributed by atoms with Crippen LogP contribution in [0.15, 0.2) is 79.5 Å². The first-order chi connectivity index (χ1) is 18.5. The van der Waals surface area contributed by atoms with Crippen molar-refractivity contribution in [2.45, 2.75) is 32.2 Å². The second kappa shape index (κ2) is 10.2. The molecule has 1 atom stereocenters. The maximum Gasteiger partial charge on any atom is 0.219 e. The number of nitrogens with zero attached hydrogens (tertiary/aromatic N) is 5. The average Bonchev–Trinajstić information content (AvgIpc) is 3.33. The molecule has 3 aromatic heterocycles. The Morgan fingerprint density at radius 3 is 2.68 bits per heavy atom. The summed E-state index contributed by atoms with van der Waals surface area (Å²) >= 11 is 0. The normalized spacial score (nSPS) is 15.2. The number of carbonyl (C=O) groups is 1. The van der Waals surface area contributed by atoms with Gasteiger partial charge in [0.05, 0.1) is 17.1 Å². The van der Waals surface area contributed by atoms with Crippen molar-refractivity contribution in [1.82, 2.24) is 24.4 Å². The number of hydrogen-bond donors (Lipinski definition) is 1. The zero-order chi connectivity index (χ0) is 26.1. The Morgan fingerprint density at radius 1 is 1.05 bits per heavy atom. The molecule has 1 saturated heterocycles. The predicted octanol–water partition coefficient (Wildman–Crippen LogP) is 5.99. The number of aromatic nitrogens is 4. The van der Waals surface area contributed by atoms with Crippen molar-refractivity contribution in [1.29, 1.82) is 0 Å². The number of aryl methyl sites for hydroxylation is 1. The Labute approximate surface area is 222 Å². The molecule has 192 valence electrons. The van der Waals surface area contributed by atoms with E-state index >= 15 is 0 Å². The Morgan fingerprint density at radius 2 is 1.89 bits per heavy atom. The van der Waals surface area contributed by atoms with E-state index in [1.165, 1.54) is 10.9 Å². The Balaban J connectivity index is 1.35. The highest BCUT2D eigenvalue weighted by Crippen LogP contribution is 2.35. The van der Waals surface area contributed by atoms with E-state index in [9.17, 15) is 4.79 Å². The standard InChI is InChI=1S/C31H32N6O/c1-21(38)37-14-7-22(8-15-37)16-28(25-4-3-10-32-20-25)35-26-18-27(31-29(19-26)33-11-12-34-31)24-6-5-23-9-13-36(2)30(23)17-24/h3-6,9-13,17-20,22,28,35H,7-8,14-16H2,1-2H3. The van der Waals surface area contributed by atoms with Crippen molar-refractivity contribution >= 4 is 33.5 Å². The Kier molecular flexibility index (Phi) is 6.50. The van der Waals surface area contributed by atoms with E-state index in [2.05, 4.69) is 75.6 Å². The summed E-state index contributed by atoms with van der Waals surface area (Å²) in [7, 11) is 2.07. The minimum atomic E-state index is 0.0925. The van der Waals surface area contributed by atoms with Gasteiger partial charge in [0.1, 0.15) is 0 Å². The molecule has 38 heavy (non-hydrogen) atoms. The molecule has 4 heterocycles. The molecule has 7 nitrogen and oxygen atoms in total. The van der Waals surface area contributed by atoms with Crippen LogP contribution in [0.4, 0.5) is 5.69 Å². The summed E-state index contributed by atoms with van der Waals surface area (Å²) in [5.74, 6) is 0.700. The summed E-state index contributed by atoms with van der Waals surface area (Å²) in [6, 6.07) is 17.2. The van der Waals surface area contributed by atoms with Crippen LogP contribution in [0.25, 0.3) is 33.1 Å². The first-order valence-corrected chi connectivity index (χ1v) is 13.3. The quantitative estimate of drug-likeness (QED) is 0.308. The SMILES string of the molecule is CC(=O)N1CCC(CC(Nc2cc(-c3ccc4ccn(C)c4c3)c3nccnc3c2)c2cccnc2)CC1. The lowest BCUT2D eigenvalue weighted by atomic mass is 9.88. The summed E-state index contributed by atoms with van der Waals surface area (Å²) in [4.78, 5) is 27.5. The van der Waals surface area contributed by atoms with E-state index in [-0.39, 0.29) is 11.9 Å². The van der Waals surface area contributed by atoms with E-state index in [1.807, 2.05) is 23.4 Å². The van der Waals surface area contributed by atoms with E-state index < -0.39 is 0 Å². The molecular weight excluding hydrogens is 472 g/mol. The molecule has 0 spiro atoms. The summed E-state index contributed by atoms with van der Waals surface area (Å²) in [5.41, 5.74) is 7.27. The molecule has 1 aliphatic rings. The maximum atomic E-state index is 11.8. The molecule has 7 heteroatoms. The van der Waals surface area contributed by atoms with Crippen molar-refractivity contribution in [2.24, 2.45) is 13.0 Å². The van der Waals surface area contributed by atoms with Gasteiger partial charge in [-0.2, -0.15) is 0 Å². The van der Waals surface area contributed by atoms with Gasteiger partial charge in [-0.15, -0.1) is 0 Å². The largest absolute Gasteiger partial charge is 0.378 e. The van der Waals surface area contributed by atoms with Crippen molar-refractivity contribution < 1.29 is 4.79 Å². The molecule has 2 aromatic carbocycles. The molecule has 1 N–H and O–H groups in total. The van der Waals surface area contributed by atoms with Crippen LogP contribution in [0, 0.1) is 5.92 Å². The summed E-state index contributed by atoms with van der Waals surface area (Å²) in [5, 5.41) is 5.04. The van der Waals surface area contributed by atoms with Gasteiger partial charge in [-0.1, -0.05) is 18.2 Å². The second-order valence-corrected chi connectivity index (χ2v) is 10.3. The molecule has 1 amide bonds. The number of likely N-dealkylation sites (tertiary alicyclic amines) is 1. The first-order valence-electron chi connectivity index (χ1n) is 13.3. The molecule has 0 bridgehead atoms. The summed E-state index contributed by atoms with van der Waals surface area (Å²) in [6.07, 6.45) is 12.4. The van der Waals surface area contributed by atoms with Crippen LogP contribution in [-0.4, -0.2) is 43.4 Å². The summed E-state index contributed by atoms with van der Waals surface area (Å²) in [6.45, 7) is 3.32. The minimum Gasteiger partial charge on any atom is -0.378 e. The van der Waals surface area contributed by atoms with Crippen molar-refractivity contribution in [3.8, 4) is 11.1 Å². The molecule has 1 aliphatic heterocycles. The highest BCUT2D eigenvalue weighted by molar-refractivity contribution is 5.97. The van der Waals surface area contributed by atoms with Gasteiger partial charge in [-0.05, 0) is 72.0 Å². The zero-order valence-corrected chi connectivity index (χ0v) is 21.8. The number of anilines is 1. The van der Waals surface area contributed by atoms with Crippen LogP contribution in [0.3, 0.4) is 0 Å². The van der Waals surface area contributed by atoms with Gasteiger partial charge in [0.2, 0.25) is 5.91 Å². The van der Waals surface area contributed by atoms with Gasteiger partial charge in [0.25, 0.3) is 0 Å². The third kappa shape index (κ3) is 4.84. The van der Waals surface area contributed by atoms with Crippen LogP contribution in [-0.2, 0) is 11.8 Å². The van der Waals surface area contributed by atoms with Gasteiger partial charge in [-0.25, -0.2) is 0 Å². The number of amides is 1. The molecule has 1 fully saturated rings. The maximum absolute atomic E-state index is 11.8. The van der Waals surface area contributed by atoms with Crippen LogP contribution in [0.5, 0.6) is 0 Å². The third-order valence-electron chi connectivity index (χ3n) is 7.83. The number of hydrogen-bond acceptors (Lipinski definition) is 5. The van der Waals surface area contributed by atoms with Crippen molar-refractivity contribution in [2.75, 3.05) is 18.4 Å². The third-order valence-corrected chi connectivity index (χ3v) is 7.83. The fourth-order valence-corrected chi connectivity index (χ4v) is 5.69. The van der Waals surface area contributed by atoms with Gasteiger partial charge in [0.15, 0.2) is 0 Å². The van der Waals surface area contributed by atoms with Gasteiger partial charge < -0.3 is 14.8 Å². The topological polar surface area (TPSA) is 75.9 Å². The number of fused-ring (bicyclic) bond motifs is 2. The monoisotopic (exact) mass is 504 g/mol. The van der Waals surface area contributed by atoms with Crippen LogP contribution >= 0.6 is 0 Å².